The molecule has 0 fully saturated rings. The number of para-hydroxylation sites is 2. The van der Waals surface area contributed by atoms with Crippen LogP contribution in [0.1, 0.15) is 26.3 Å². The zero-order chi connectivity index (χ0) is 16.7. The summed E-state index contributed by atoms with van der Waals surface area (Å²) in [6.07, 6.45) is 2.22. The summed E-state index contributed by atoms with van der Waals surface area (Å²) in [4.78, 5) is 27.6. The average molecular weight is 318 g/mol. The SMILES string of the molecule is CCNC(=O)NCCCOC(=O)[C@H](C)n1cnc2ccccc21. The molecule has 0 aliphatic carbocycles. The largest absolute Gasteiger partial charge is 0.464 e. The maximum absolute atomic E-state index is 12.1. The van der Waals surface area contributed by atoms with Gasteiger partial charge in [-0.05, 0) is 32.4 Å². The van der Waals surface area contributed by atoms with Crippen LogP contribution in [0.4, 0.5) is 4.79 Å². The van der Waals surface area contributed by atoms with Crippen molar-refractivity contribution in [3.8, 4) is 0 Å². The molecule has 0 bridgehead atoms. The van der Waals surface area contributed by atoms with Crippen LogP contribution in [0, 0.1) is 0 Å². The number of aromatic nitrogens is 2. The molecular formula is C16H22N4O3. The van der Waals surface area contributed by atoms with Gasteiger partial charge in [0.1, 0.15) is 6.04 Å². The van der Waals surface area contributed by atoms with Crippen LogP contribution in [0.25, 0.3) is 11.0 Å². The molecule has 2 amide bonds. The van der Waals surface area contributed by atoms with Crippen LogP contribution in [-0.4, -0.2) is 41.2 Å². The number of rotatable bonds is 7. The van der Waals surface area contributed by atoms with E-state index in [-0.39, 0.29) is 18.6 Å². The van der Waals surface area contributed by atoms with E-state index in [2.05, 4.69) is 15.6 Å². The smallest absolute Gasteiger partial charge is 0.328 e. The summed E-state index contributed by atoms with van der Waals surface area (Å²) in [5.41, 5.74) is 1.74. The highest BCUT2D eigenvalue weighted by Gasteiger charge is 2.18. The number of hydrogen-bond acceptors (Lipinski definition) is 4. The highest BCUT2D eigenvalue weighted by Crippen LogP contribution is 2.18. The second kappa shape index (κ2) is 8.17. The molecule has 1 heterocycles. The molecule has 0 aliphatic heterocycles. The van der Waals surface area contributed by atoms with Gasteiger partial charge in [0.2, 0.25) is 0 Å². The Morgan fingerprint density at radius 3 is 2.87 bits per heavy atom. The van der Waals surface area contributed by atoms with Gasteiger partial charge in [-0.1, -0.05) is 12.1 Å². The summed E-state index contributed by atoms with van der Waals surface area (Å²) in [5, 5.41) is 5.31. The summed E-state index contributed by atoms with van der Waals surface area (Å²) in [5.74, 6) is -0.314. The Hall–Kier alpha value is -2.57. The summed E-state index contributed by atoms with van der Waals surface area (Å²) < 4.78 is 7.06. The minimum Gasteiger partial charge on any atom is -0.464 e. The first-order valence-corrected chi connectivity index (χ1v) is 7.73. The summed E-state index contributed by atoms with van der Waals surface area (Å²) >= 11 is 0. The number of nitrogens with zero attached hydrogens (tertiary/aromatic N) is 2. The molecule has 0 unspecified atom stereocenters. The number of benzene rings is 1. The Morgan fingerprint density at radius 2 is 2.09 bits per heavy atom. The number of ether oxygens (including phenoxy) is 1. The maximum Gasteiger partial charge on any atom is 0.328 e. The van der Waals surface area contributed by atoms with Crippen molar-refractivity contribution in [3.63, 3.8) is 0 Å². The fraction of sp³-hybridized carbons (Fsp3) is 0.438. The van der Waals surface area contributed by atoms with Gasteiger partial charge in [0, 0.05) is 13.1 Å². The molecule has 7 nitrogen and oxygen atoms in total. The monoisotopic (exact) mass is 318 g/mol. The summed E-state index contributed by atoms with van der Waals surface area (Å²) in [6.45, 7) is 4.94. The van der Waals surface area contributed by atoms with E-state index >= 15 is 0 Å². The van der Waals surface area contributed by atoms with Crippen LogP contribution in [0.2, 0.25) is 0 Å². The van der Waals surface area contributed by atoms with Crippen molar-refractivity contribution in [1.82, 2.24) is 20.2 Å². The number of nitrogens with one attached hydrogen (secondary N) is 2. The van der Waals surface area contributed by atoms with Crippen LogP contribution in [0.3, 0.4) is 0 Å². The third-order valence-electron chi connectivity index (χ3n) is 3.43. The minimum atomic E-state index is -0.446. The van der Waals surface area contributed by atoms with Crippen LogP contribution < -0.4 is 10.6 Å². The van der Waals surface area contributed by atoms with Gasteiger partial charge in [-0.15, -0.1) is 0 Å². The van der Waals surface area contributed by atoms with Gasteiger partial charge < -0.3 is 19.9 Å². The van der Waals surface area contributed by atoms with E-state index in [4.69, 9.17) is 4.74 Å². The zero-order valence-electron chi connectivity index (χ0n) is 13.4. The molecule has 23 heavy (non-hydrogen) atoms. The second-order valence-corrected chi connectivity index (χ2v) is 5.12. The molecule has 2 rings (SSSR count). The zero-order valence-corrected chi connectivity index (χ0v) is 13.4. The lowest BCUT2D eigenvalue weighted by molar-refractivity contribution is -0.147. The maximum atomic E-state index is 12.1. The fourth-order valence-corrected chi connectivity index (χ4v) is 2.19. The van der Waals surface area contributed by atoms with E-state index in [9.17, 15) is 9.59 Å². The van der Waals surface area contributed by atoms with Gasteiger partial charge >= 0.3 is 12.0 Å². The van der Waals surface area contributed by atoms with E-state index in [1.807, 2.05) is 31.2 Å². The normalized spacial score (nSPS) is 11.9. The van der Waals surface area contributed by atoms with E-state index in [1.54, 1.807) is 17.8 Å². The van der Waals surface area contributed by atoms with Crippen molar-refractivity contribution in [2.24, 2.45) is 0 Å². The van der Waals surface area contributed by atoms with Crippen LogP contribution in [0.5, 0.6) is 0 Å². The molecule has 1 atom stereocenters. The summed E-state index contributed by atoms with van der Waals surface area (Å²) in [6, 6.07) is 6.98. The lowest BCUT2D eigenvalue weighted by Crippen LogP contribution is -2.36. The molecule has 1 aromatic carbocycles. The topological polar surface area (TPSA) is 85.3 Å². The number of hydrogen-bond donors (Lipinski definition) is 2. The van der Waals surface area contributed by atoms with Crippen LogP contribution in [-0.2, 0) is 9.53 Å². The first-order chi connectivity index (χ1) is 11.1. The number of amides is 2. The number of imidazole rings is 1. The first kappa shape index (κ1) is 16.8. The predicted octanol–water partition coefficient (Wildman–Crippen LogP) is 1.85. The van der Waals surface area contributed by atoms with E-state index in [1.165, 1.54) is 0 Å². The average Bonchev–Trinajstić information content (AvgIpc) is 2.98. The molecule has 1 aromatic heterocycles. The van der Waals surface area contributed by atoms with Gasteiger partial charge in [0.05, 0.1) is 24.0 Å². The van der Waals surface area contributed by atoms with Gasteiger partial charge in [-0.2, -0.15) is 0 Å². The van der Waals surface area contributed by atoms with E-state index in [0.717, 1.165) is 11.0 Å². The molecule has 0 radical (unpaired) electrons. The molecule has 2 N–H and O–H groups in total. The molecular weight excluding hydrogens is 296 g/mol. The third-order valence-corrected chi connectivity index (χ3v) is 3.43. The van der Waals surface area contributed by atoms with E-state index < -0.39 is 6.04 Å². The quantitative estimate of drug-likeness (QED) is 0.602. The lowest BCUT2D eigenvalue weighted by Gasteiger charge is -2.14. The standard InChI is InChI=1S/C16H22N4O3/c1-3-17-16(22)18-9-6-10-23-15(21)12(2)20-11-19-13-7-4-5-8-14(13)20/h4-5,7-8,11-12H,3,6,9-10H2,1-2H3,(H2,17,18,22)/t12-/m0/s1. The molecule has 0 aliphatic rings. The van der Waals surface area contributed by atoms with E-state index in [0.29, 0.717) is 19.5 Å². The van der Waals surface area contributed by atoms with Crippen LogP contribution >= 0.6 is 0 Å². The number of carbonyl (C=O) groups excluding carboxylic acids is 2. The predicted molar refractivity (Wildman–Crippen MR) is 87.1 cm³/mol. The molecule has 2 aromatic rings. The molecule has 124 valence electrons. The Bertz CT molecular complexity index is 668. The minimum absolute atomic E-state index is 0.211. The molecule has 0 saturated heterocycles. The lowest BCUT2D eigenvalue weighted by atomic mass is 10.3. The Labute approximate surface area is 135 Å². The Morgan fingerprint density at radius 1 is 1.30 bits per heavy atom. The highest BCUT2D eigenvalue weighted by molar-refractivity contribution is 5.80. The van der Waals surface area contributed by atoms with Gasteiger partial charge in [-0.3, -0.25) is 0 Å². The van der Waals surface area contributed by atoms with Gasteiger partial charge in [0.25, 0.3) is 0 Å². The summed E-state index contributed by atoms with van der Waals surface area (Å²) in [7, 11) is 0. The third kappa shape index (κ3) is 4.45. The molecule has 0 spiro atoms. The van der Waals surface area contributed by atoms with Crippen molar-refractivity contribution in [3.05, 3.63) is 30.6 Å². The van der Waals surface area contributed by atoms with Gasteiger partial charge in [-0.25, -0.2) is 14.6 Å². The second-order valence-electron chi connectivity index (χ2n) is 5.12. The highest BCUT2D eigenvalue weighted by atomic mass is 16.5. The number of urea groups is 1. The van der Waals surface area contributed by atoms with Crippen molar-refractivity contribution in [2.45, 2.75) is 26.3 Å². The Kier molecular flexibility index (Phi) is 5.96. The van der Waals surface area contributed by atoms with Crippen molar-refractivity contribution in [2.75, 3.05) is 19.7 Å². The van der Waals surface area contributed by atoms with Crippen molar-refractivity contribution in [1.29, 1.82) is 0 Å². The number of carbonyl (C=O) groups is 2. The fourth-order valence-electron chi connectivity index (χ4n) is 2.19. The van der Waals surface area contributed by atoms with Crippen molar-refractivity contribution >= 4 is 23.0 Å². The first-order valence-electron chi connectivity index (χ1n) is 7.73. The molecule has 0 saturated carbocycles. The number of esters is 1. The molecule has 7 heteroatoms. The van der Waals surface area contributed by atoms with Gasteiger partial charge in [0.15, 0.2) is 0 Å². The van der Waals surface area contributed by atoms with Crippen molar-refractivity contribution < 1.29 is 14.3 Å². The Balaban J connectivity index is 1.78. The van der Waals surface area contributed by atoms with Crippen LogP contribution in [0.15, 0.2) is 30.6 Å². The number of fused-ring (bicyclic) bond motifs is 1.